The second kappa shape index (κ2) is 8.51. The Labute approximate surface area is 166 Å². The van der Waals surface area contributed by atoms with Crippen LogP contribution in [-0.4, -0.2) is 40.7 Å². The molecule has 1 aromatic carbocycles. The van der Waals surface area contributed by atoms with Crippen LogP contribution in [0, 0.1) is 6.92 Å². The van der Waals surface area contributed by atoms with Crippen LogP contribution in [0.3, 0.4) is 0 Å². The number of nitrogens with one attached hydrogen (secondary N) is 2. The van der Waals surface area contributed by atoms with E-state index in [1.165, 1.54) is 6.92 Å². The number of hydrogen-bond donors (Lipinski definition) is 2. The normalized spacial score (nSPS) is 11.7. The van der Waals surface area contributed by atoms with Gasteiger partial charge in [0.25, 0.3) is 11.6 Å². The highest BCUT2D eigenvalue weighted by atomic mass is 16.5. The molecule has 0 saturated heterocycles. The molecule has 3 aromatic rings. The Balaban J connectivity index is 1.89. The molecule has 9 nitrogen and oxygen atoms in total. The van der Waals surface area contributed by atoms with Crippen molar-refractivity contribution >= 4 is 29.0 Å². The zero-order valence-corrected chi connectivity index (χ0v) is 16.2. The first kappa shape index (κ1) is 20.0. The summed E-state index contributed by atoms with van der Waals surface area (Å²) in [5.74, 6) is -1.49. The Morgan fingerprint density at radius 2 is 1.93 bits per heavy atom. The molecule has 2 N–H and O–H groups in total. The Hall–Kier alpha value is -3.75. The van der Waals surface area contributed by atoms with Crippen molar-refractivity contribution in [2.45, 2.75) is 26.9 Å². The van der Waals surface area contributed by atoms with E-state index in [2.05, 4.69) is 20.8 Å². The van der Waals surface area contributed by atoms with Gasteiger partial charge in [-0.25, -0.2) is 14.6 Å². The lowest BCUT2D eigenvalue weighted by atomic mass is 10.1. The van der Waals surface area contributed by atoms with E-state index in [0.29, 0.717) is 23.3 Å². The molecule has 2 aromatic heterocycles. The summed E-state index contributed by atoms with van der Waals surface area (Å²) < 4.78 is 10.5. The standard InChI is InChI=1S/C20H20N4O5/c1-4-21-20(27)23-17(25)12(3)28-19(26)14-10-15(13-8-6-5-7-9-13)22-18-16(14)11(2)24-29-18/h5-10,12H,4H2,1-3H3,(H2,21,23,25,27). The second-order valence-corrected chi connectivity index (χ2v) is 6.27. The summed E-state index contributed by atoms with van der Waals surface area (Å²) in [7, 11) is 0. The lowest BCUT2D eigenvalue weighted by Crippen LogP contribution is -2.44. The minimum absolute atomic E-state index is 0.172. The van der Waals surface area contributed by atoms with Gasteiger partial charge < -0.3 is 14.6 Å². The number of aromatic nitrogens is 2. The number of carbonyl (C=O) groups excluding carboxylic acids is 3. The van der Waals surface area contributed by atoms with Crippen molar-refractivity contribution in [1.82, 2.24) is 20.8 Å². The van der Waals surface area contributed by atoms with E-state index in [0.717, 1.165) is 5.56 Å². The molecule has 0 fully saturated rings. The number of imide groups is 1. The highest BCUT2D eigenvalue weighted by molar-refractivity contribution is 6.05. The van der Waals surface area contributed by atoms with Crippen LogP contribution in [0.4, 0.5) is 4.79 Å². The first-order chi connectivity index (χ1) is 13.9. The SMILES string of the molecule is CCNC(=O)NC(=O)C(C)OC(=O)c1cc(-c2ccccc2)nc2onc(C)c12. The van der Waals surface area contributed by atoms with E-state index in [-0.39, 0.29) is 11.3 Å². The maximum Gasteiger partial charge on any atom is 0.339 e. The Kier molecular flexibility index (Phi) is 5.87. The van der Waals surface area contributed by atoms with Gasteiger partial charge in [-0.3, -0.25) is 10.1 Å². The molecule has 0 aliphatic rings. The summed E-state index contributed by atoms with van der Waals surface area (Å²) in [4.78, 5) is 40.8. The average molecular weight is 396 g/mol. The molecule has 0 aliphatic heterocycles. The van der Waals surface area contributed by atoms with Crippen molar-refractivity contribution in [2.24, 2.45) is 0 Å². The molecule has 0 radical (unpaired) electrons. The number of benzene rings is 1. The van der Waals surface area contributed by atoms with Crippen molar-refractivity contribution < 1.29 is 23.6 Å². The number of aryl methyl sites for hydroxylation is 1. The van der Waals surface area contributed by atoms with Gasteiger partial charge in [0.15, 0.2) is 6.10 Å². The van der Waals surface area contributed by atoms with Crippen LogP contribution in [0.1, 0.15) is 29.9 Å². The summed E-state index contributed by atoms with van der Waals surface area (Å²) in [5, 5.41) is 8.82. The third-order valence-corrected chi connectivity index (χ3v) is 4.13. The molecular weight excluding hydrogens is 376 g/mol. The van der Waals surface area contributed by atoms with E-state index in [4.69, 9.17) is 9.26 Å². The summed E-state index contributed by atoms with van der Waals surface area (Å²) in [5.41, 5.74) is 2.11. The van der Waals surface area contributed by atoms with Crippen LogP contribution < -0.4 is 10.6 Å². The Morgan fingerprint density at radius 1 is 1.21 bits per heavy atom. The number of ether oxygens (including phenoxy) is 1. The zero-order valence-electron chi connectivity index (χ0n) is 16.2. The smallest absolute Gasteiger partial charge is 0.339 e. The van der Waals surface area contributed by atoms with Gasteiger partial charge in [-0.05, 0) is 26.8 Å². The fraction of sp³-hybridized carbons (Fsp3) is 0.250. The summed E-state index contributed by atoms with van der Waals surface area (Å²) in [6.45, 7) is 5.13. The molecule has 0 bridgehead atoms. The minimum atomic E-state index is -1.19. The number of esters is 1. The highest BCUT2D eigenvalue weighted by Gasteiger charge is 2.25. The Bertz CT molecular complexity index is 1060. The van der Waals surface area contributed by atoms with Crippen molar-refractivity contribution in [3.05, 3.63) is 47.7 Å². The van der Waals surface area contributed by atoms with Gasteiger partial charge in [0, 0.05) is 12.1 Å². The number of amides is 3. The number of urea groups is 1. The molecule has 9 heteroatoms. The number of rotatable bonds is 5. The van der Waals surface area contributed by atoms with Gasteiger partial charge in [0.05, 0.1) is 22.3 Å². The quantitative estimate of drug-likeness (QED) is 0.635. The zero-order chi connectivity index (χ0) is 21.0. The molecule has 3 rings (SSSR count). The maximum atomic E-state index is 12.8. The number of nitrogens with zero attached hydrogens (tertiary/aromatic N) is 2. The topological polar surface area (TPSA) is 123 Å². The van der Waals surface area contributed by atoms with Gasteiger partial charge in [-0.2, -0.15) is 0 Å². The predicted octanol–water partition coefficient (Wildman–Crippen LogP) is 2.59. The predicted molar refractivity (Wildman–Crippen MR) is 104 cm³/mol. The summed E-state index contributed by atoms with van der Waals surface area (Å²) in [6.07, 6.45) is -1.19. The van der Waals surface area contributed by atoms with Gasteiger partial charge in [-0.15, -0.1) is 0 Å². The number of carbonyl (C=O) groups is 3. The first-order valence-corrected chi connectivity index (χ1v) is 9.02. The number of pyridine rings is 1. The molecule has 0 aliphatic carbocycles. The molecule has 1 unspecified atom stereocenters. The van der Waals surface area contributed by atoms with E-state index in [1.54, 1.807) is 19.9 Å². The van der Waals surface area contributed by atoms with E-state index < -0.39 is 24.0 Å². The van der Waals surface area contributed by atoms with Crippen LogP contribution in [0.15, 0.2) is 40.9 Å². The molecule has 0 spiro atoms. The number of fused-ring (bicyclic) bond motifs is 1. The lowest BCUT2D eigenvalue weighted by molar-refractivity contribution is -0.127. The van der Waals surface area contributed by atoms with Crippen LogP contribution in [0.25, 0.3) is 22.4 Å². The van der Waals surface area contributed by atoms with E-state index in [1.807, 2.05) is 30.3 Å². The molecule has 1 atom stereocenters. The second-order valence-electron chi connectivity index (χ2n) is 6.27. The third kappa shape index (κ3) is 4.40. The van der Waals surface area contributed by atoms with Crippen molar-refractivity contribution in [3.8, 4) is 11.3 Å². The average Bonchev–Trinajstić information content (AvgIpc) is 3.09. The number of hydrogen-bond acceptors (Lipinski definition) is 7. The lowest BCUT2D eigenvalue weighted by Gasteiger charge is -2.14. The first-order valence-electron chi connectivity index (χ1n) is 9.02. The monoisotopic (exact) mass is 396 g/mol. The fourth-order valence-electron chi connectivity index (χ4n) is 2.71. The van der Waals surface area contributed by atoms with Gasteiger partial charge in [0.2, 0.25) is 0 Å². The maximum absolute atomic E-state index is 12.8. The molecule has 0 saturated carbocycles. The largest absolute Gasteiger partial charge is 0.449 e. The van der Waals surface area contributed by atoms with Gasteiger partial charge >= 0.3 is 12.0 Å². The van der Waals surface area contributed by atoms with Crippen LogP contribution in [0.5, 0.6) is 0 Å². The van der Waals surface area contributed by atoms with Gasteiger partial charge in [-0.1, -0.05) is 35.5 Å². The van der Waals surface area contributed by atoms with Crippen LogP contribution in [-0.2, 0) is 9.53 Å². The van der Waals surface area contributed by atoms with Crippen LogP contribution in [0.2, 0.25) is 0 Å². The minimum Gasteiger partial charge on any atom is -0.449 e. The Morgan fingerprint density at radius 3 is 2.62 bits per heavy atom. The molecule has 29 heavy (non-hydrogen) atoms. The molecule has 2 heterocycles. The third-order valence-electron chi connectivity index (χ3n) is 4.13. The highest BCUT2D eigenvalue weighted by Crippen LogP contribution is 2.27. The van der Waals surface area contributed by atoms with Crippen molar-refractivity contribution in [1.29, 1.82) is 0 Å². The fourth-order valence-corrected chi connectivity index (χ4v) is 2.71. The summed E-state index contributed by atoms with van der Waals surface area (Å²) >= 11 is 0. The van der Waals surface area contributed by atoms with E-state index in [9.17, 15) is 14.4 Å². The van der Waals surface area contributed by atoms with E-state index >= 15 is 0 Å². The van der Waals surface area contributed by atoms with Gasteiger partial charge in [0.1, 0.15) is 0 Å². The summed E-state index contributed by atoms with van der Waals surface area (Å²) in [6, 6.07) is 10.2. The molecule has 150 valence electrons. The van der Waals surface area contributed by atoms with Crippen molar-refractivity contribution in [2.75, 3.05) is 6.54 Å². The van der Waals surface area contributed by atoms with Crippen molar-refractivity contribution in [3.63, 3.8) is 0 Å². The van der Waals surface area contributed by atoms with Crippen LogP contribution >= 0.6 is 0 Å². The molecular formula is C20H20N4O5. The molecule has 3 amide bonds.